The van der Waals surface area contributed by atoms with Crippen LogP contribution in [0.2, 0.25) is 0 Å². The van der Waals surface area contributed by atoms with E-state index in [4.69, 9.17) is 4.42 Å². The molecule has 2 N–H and O–H groups in total. The number of aromatic carboxylic acids is 1. The van der Waals surface area contributed by atoms with Gasteiger partial charge in [-0.3, -0.25) is 14.9 Å². The number of amides is 4. The van der Waals surface area contributed by atoms with Gasteiger partial charge in [0.25, 0.3) is 11.8 Å². The zero-order chi connectivity index (χ0) is 23.0. The Morgan fingerprint density at radius 1 is 1.00 bits per heavy atom. The van der Waals surface area contributed by atoms with Gasteiger partial charge in [-0.25, -0.2) is 14.5 Å². The minimum absolute atomic E-state index is 0.0547. The van der Waals surface area contributed by atoms with Gasteiger partial charge in [0.1, 0.15) is 17.1 Å². The van der Waals surface area contributed by atoms with Crippen molar-refractivity contribution in [3.8, 4) is 11.3 Å². The molecule has 0 saturated carbocycles. The van der Waals surface area contributed by atoms with Crippen LogP contribution in [0.25, 0.3) is 17.4 Å². The first-order valence-corrected chi connectivity index (χ1v) is 9.67. The summed E-state index contributed by atoms with van der Waals surface area (Å²) < 4.78 is 5.69. The highest BCUT2D eigenvalue weighted by molar-refractivity contribution is 6.39. The lowest BCUT2D eigenvalue weighted by Gasteiger charge is -2.26. The summed E-state index contributed by atoms with van der Waals surface area (Å²) in [7, 11) is 0. The minimum atomic E-state index is -1.11. The molecule has 8 heteroatoms. The van der Waals surface area contributed by atoms with Crippen molar-refractivity contribution in [3.63, 3.8) is 0 Å². The molecule has 0 aliphatic carbocycles. The average Bonchev–Trinajstić information content (AvgIpc) is 3.19. The summed E-state index contributed by atoms with van der Waals surface area (Å²) >= 11 is 0. The SMILES string of the molecule is Cc1cc(C)cc(N2C(=O)NC(=O)/C(=C\c3ccc(-c4ccccc4C(=O)O)o3)C2=O)c1. The molecule has 3 aromatic rings. The van der Waals surface area contributed by atoms with Crippen LogP contribution in [-0.4, -0.2) is 28.9 Å². The van der Waals surface area contributed by atoms with Crippen molar-refractivity contribution in [2.24, 2.45) is 0 Å². The third-order valence-corrected chi connectivity index (χ3v) is 4.90. The largest absolute Gasteiger partial charge is 0.478 e. The van der Waals surface area contributed by atoms with Crippen LogP contribution in [-0.2, 0) is 9.59 Å². The molecular formula is C24H18N2O6. The van der Waals surface area contributed by atoms with Crippen LogP contribution < -0.4 is 10.2 Å². The number of anilines is 1. The van der Waals surface area contributed by atoms with Crippen molar-refractivity contribution in [2.75, 3.05) is 4.90 Å². The number of hydrogen-bond donors (Lipinski definition) is 2. The smallest absolute Gasteiger partial charge is 0.336 e. The second-order valence-electron chi connectivity index (χ2n) is 7.36. The maximum Gasteiger partial charge on any atom is 0.336 e. The molecule has 1 saturated heterocycles. The van der Waals surface area contributed by atoms with E-state index in [1.165, 1.54) is 18.2 Å². The molecule has 8 nitrogen and oxygen atoms in total. The van der Waals surface area contributed by atoms with Crippen LogP contribution in [0.3, 0.4) is 0 Å². The highest BCUT2D eigenvalue weighted by Crippen LogP contribution is 2.28. The fraction of sp³-hybridized carbons (Fsp3) is 0.0833. The van der Waals surface area contributed by atoms with Crippen molar-refractivity contribution >= 4 is 35.6 Å². The standard InChI is InChI=1S/C24H18N2O6/c1-13-9-14(2)11-15(10-13)26-22(28)19(21(27)25-24(26)31)12-16-7-8-20(32-16)17-5-3-4-6-18(17)23(29)30/h3-12H,1-2H3,(H,29,30)(H,25,27,31)/b19-12+. The van der Waals surface area contributed by atoms with Crippen LogP contribution in [0.5, 0.6) is 0 Å². The van der Waals surface area contributed by atoms with Gasteiger partial charge in [0.2, 0.25) is 0 Å². The van der Waals surface area contributed by atoms with E-state index >= 15 is 0 Å². The number of carbonyl (C=O) groups is 4. The Hall–Kier alpha value is -4.46. The van der Waals surface area contributed by atoms with E-state index in [1.807, 2.05) is 19.9 Å². The molecule has 1 fully saturated rings. The molecule has 1 aromatic heterocycles. The normalized spacial score (nSPS) is 15.2. The van der Waals surface area contributed by atoms with Gasteiger partial charge < -0.3 is 9.52 Å². The number of carboxylic acids is 1. The second kappa shape index (κ2) is 7.99. The first-order chi connectivity index (χ1) is 15.2. The van der Waals surface area contributed by atoms with E-state index in [9.17, 15) is 24.3 Å². The van der Waals surface area contributed by atoms with Crippen LogP contribution in [0.1, 0.15) is 27.2 Å². The zero-order valence-corrected chi connectivity index (χ0v) is 17.2. The summed E-state index contributed by atoms with van der Waals surface area (Å²) in [5, 5.41) is 11.5. The molecule has 0 bridgehead atoms. The van der Waals surface area contributed by atoms with Crippen molar-refractivity contribution in [3.05, 3.63) is 82.6 Å². The number of aryl methyl sites for hydroxylation is 2. The number of benzene rings is 2. The summed E-state index contributed by atoms with van der Waals surface area (Å²) in [5.41, 5.74) is 2.19. The Balaban J connectivity index is 1.71. The van der Waals surface area contributed by atoms with Gasteiger partial charge in [0, 0.05) is 5.56 Å². The molecule has 2 aromatic carbocycles. The maximum atomic E-state index is 13.1. The summed E-state index contributed by atoms with van der Waals surface area (Å²) in [4.78, 5) is 50.2. The first kappa shape index (κ1) is 20.8. The van der Waals surface area contributed by atoms with Gasteiger partial charge >= 0.3 is 12.0 Å². The molecule has 160 valence electrons. The molecule has 0 radical (unpaired) electrons. The van der Waals surface area contributed by atoms with Gasteiger partial charge in [-0.15, -0.1) is 0 Å². The molecule has 4 amide bonds. The number of hydrogen-bond acceptors (Lipinski definition) is 5. The number of carboxylic acid groups (broad SMARTS) is 1. The van der Waals surface area contributed by atoms with Gasteiger partial charge in [0.15, 0.2) is 0 Å². The predicted molar refractivity (Wildman–Crippen MR) is 116 cm³/mol. The lowest BCUT2D eigenvalue weighted by Crippen LogP contribution is -2.54. The number of nitrogens with one attached hydrogen (secondary N) is 1. The minimum Gasteiger partial charge on any atom is -0.478 e. The van der Waals surface area contributed by atoms with Gasteiger partial charge in [-0.05, 0) is 61.4 Å². The number of rotatable bonds is 4. The fourth-order valence-electron chi connectivity index (χ4n) is 3.57. The number of imide groups is 2. The third-order valence-electron chi connectivity index (χ3n) is 4.90. The summed E-state index contributed by atoms with van der Waals surface area (Å²) in [6.45, 7) is 3.67. The van der Waals surface area contributed by atoms with E-state index in [1.54, 1.807) is 36.4 Å². The van der Waals surface area contributed by atoms with Crippen LogP contribution in [0.15, 0.2) is 64.6 Å². The Bertz CT molecular complexity index is 1300. The predicted octanol–water partition coefficient (Wildman–Crippen LogP) is 3.93. The van der Waals surface area contributed by atoms with Gasteiger partial charge in [-0.2, -0.15) is 0 Å². The van der Waals surface area contributed by atoms with E-state index in [0.29, 0.717) is 11.3 Å². The van der Waals surface area contributed by atoms with Crippen molar-refractivity contribution < 1.29 is 28.7 Å². The van der Waals surface area contributed by atoms with Crippen molar-refractivity contribution in [1.82, 2.24) is 5.32 Å². The van der Waals surface area contributed by atoms with Gasteiger partial charge in [-0.1, -0.05) is 24.3 Å². The monoisotopic (exact) mass is 430 g/mol. The lowest BCUT2D eigenvalue weighted by molar-refractivity contribution is -0.122. The zero-order valence-electron chi connectivity index (χ0n) is 17.2. The fourth-order valence-corrected chi connectivity index (χ4v) is 3.57. The number of urea groups is 1. The van der Waals surface area contributed by atoms with E-state index in [0.717, 1.165) is 16.0 Å². The summed E-state index contributed by atoms with van der Waals surface area (Å²) in [6.07, 6.45) is 1.23. The first-order valence-electron chi connectivity index (χ1n) is 9.67. The summed E-state index contributed by atoms with van der Waals surface area (Å²) in [5.74, 6) is -2.31. The number of carbonyl (C=O) groups excluding carboxylic acids is 3. The van der Waals surface area contributed by atoms with Crippen LogP contribution >= 0.6 is 0 Å². The topological polar surface area (TPSA) is 117 Å². The van der Waals surface area contributed by atoms with E-state index in [-0.39, 0.29) is 22.7 Å². The second-order valence-corrected chi connectivity index (χ2v) is 7.36. The number of furan rings is 1. The molecule has 1 aliphatic rings. The molecule has 4 rings (SSSR count). The molecular weight excluding hydrogens is 412 g/mol. The molecule has 0 atom stereocenters. The van der Waals surface area contributed by atoms with Crippen LogP contribution in [0, 0.1) is 13.8 Å². The van der Waals surface area contributed by atoms with E-state index < -0.39 is 23.8 Å². The Kier molecular flexibility index (Phi) is 5.19. The van der Waals surface area contributed by atoms with Crippen LogP contribution in [0.4, 0.5) is 10.5 Å². The Morgan fingerprint density at radius 3 is 2.38 bits per heavy atom. The Morgan fingerprint density at radius 2 is 1.69 bits per heavy atom. The molecule has 1 aliphatic heterocycles. The molecule has 0 spiro atoms. The third kappa shape index (κ3) is 3.81. The Labute approximate surface area is 182 Å². The molecule has 2 heterocycles. The quantitative estimate of drug-likeness (QED) is 0.479. The summed E-state index contributed by atoms with van der Waals surface area (Å²) in [6, 6.07) is 13.8. The highest BCUT2D eigenvalue weighted by atomic mass is 16.4. The van der Waals surface area contributed by atoms with E-state index in [2.05, 4.69) is 5.32 Å². The van der Waals surface area contributed by atoms with Crippen molar-refractivity contribution in [1.29, 1.82) is 0 Å². The number of barbiturate groups is 1. The molecule has 0 unspecified atom stereocenters. The van der Waals surface area contributed by atoms with Crippen molar-refractivity contribution in [2.45, 2.75) is 13.8 Å². The van der Waals surface area contributed by atoms with Gasteiger partial charge in [0.05, 0.1) is 11.3 Å². The maximum absolute atomic E-state index is 13.1. The molecule has 32 heavy (non-hydrogen) atoms. The highest BCUT2D eigenvalue weighted by Gasteiger charge is 2.37. The lowest BCUT2D eigenvalue weighted by atomic mass is 10.1. The number of nitrogens with zero attached hydrogens (tertiary/aromatic N) is 1. The average molecular weight is 430 g/mol.